The number of alkyl halides is 3. The first-order valence-electron chi connectivity index (χ1n) is 11.3. The minimum atomic E-state index is -5.08. The molecule has 1 aliphatic carbocycles. The molecule has 0 spiro atoms. The number of anilines is 1. The number of halogens is 4. The van der Waals surface area contributed by atoms with Crippen molar-refractivity contribution in [2.24, 2.45) is 7.05 Å². The normalized spacial score (nSPS) is 22.4. The molecule has 2 N–H and O–H groups in total. The zero-order chi connectivity index (χ0) is 27.3. The van der Waals surface area contributed by atoms with Gasteiger partial charge in [-0.1, -0.05) is 0 Å². The minimum absolute atomic E-state index is 0.0300. The van der Waals surface area contributed by atoms with Crippen LogP contribution in [-0.4, -0.2) is 60.6 Å². The molecule has 6 rings (SSSR count). The summed E-state index contributed by atoms with van der Waals surface area (Å²) >= 11 is 0. The second kappa shape index (κ2) is 9.01. The first kappa shape index (κ1) is 26.4. The Hall–Kier alpha value is -3.68. The van der Waals surface area contributed by atoms with Gasteiger partial charge in [0.1, 0.15) is 5.69 Å². The maximum Gasteiger partial charge on any atom is 0.490 e. The maximum atomic E-state index is 15.4. The third-order valence-electron chi connectivity index (χ3n) is 6.10. The van der Waals surface area contributed by atoms with Gasteiger partial charge in [-0.3, -0.25) is 9.48 Å². The van der Waals surface area contributed by atoms with Gasteiger partial charge < -0.3 is 24.3 Å². The lowest BCUT2D eigenvalue weighted by atomic mass is 9.62. The number of ether oxygens (including phenoxy) is 2. The van der Waals surface area contributed by atoms with Crippen molar-refractivity contribution >= 4 is 23.2 Å². The number of pyridine rings is 1. The lowest BCUT2D eigenvalue weighted by Crippen LogP contribution is -2.45. The molecule has 2 bridgehead atoms. The SMILES string of the molecule is CC(C)Oc1c(NC(=O)c2ccn(C)n2)cn2cc(C34COC(C)(C3)C4)nc2c1F.O=C(O)C(F)(F)F. The summed E-state index contributed by atoms with van der Waals surface area (Å²) in [5, 5.41) is 14.0. The van der Waals surface area contributed by atoms with Crippen molar-refractivity contribution in [1.82, 2.24) is 19.2 Å². The van der Waals surface area contributed by atoms with E-state index in [2.05, 4.69) is 22.3 Å². The second-order valence-electron chi connectivity index (χ2n) is 9.71. The number of hydrogen-bond acceptors (Lipinski definition) is 6. The van der Waals surface area contributed by atoms with E-state index >= 15 is 4.39 Å². The van der Waals surface area contributed by atoms with Gasteiger partial charge in [0.25, 0.3) is 5.91 Å². The number of carbonyl (C=O) groups excluding carboxylic acids is 1. The van der Waals surface area contributed by atoms with Gasteiger partial charge >= 0.3 is 12.1 Å². The van der Waals surface area contributed by atoms with Crippen LogP contribution >= 0.6 is 0 Å². The van der Waals surface area contributed by atoms with E-state index < -0.39 is 23.9 Å². The second-order valence-corrected chi connectivity index (χ2v) is 9.71. The molecule has 10 nitrogen and oxygen atoms in total. The van der Waals surface area contributed by atoms with Crippen LogP contribution in [0, 0.1) is 5.82 Å². The molecule has 0 unspecified atom stereocenters. The zero-order valence-electron chi connectivity index (χ0n) is 20.4. The number of fused-ring (bicyclic) bond motifs is 2. The number of nitrogens with zero attached hydrogens (tertiary/aromatic N) is 4. The molecule has 3 aliphatic rings. The number of amides is 1. The molecule has 1 amide bonds. The number of carbonyl (C=O) groups is 2. The van der Waals surface area contributed by atoms with Gasteiger partial charge in [0.15, 0.2) is 17.1 Å². The van der Waals surface area contributed by atoms with Gasteiger partial charge in [-0.15, -0.1) is 0 Å². The summed E-state index contributed by atoms with van der Waals surface area (Å²) in [5.41, 5.74) is 1.18. The Bertz CT molecular complexity index is 1360. The lowest BCUT2D eigenvalue weighted by Gasteiger charge is -2.41. The van der Waals surface area contributed by atoms with Crippen LogP contribution in [0.2, 0.25) is 0 Å². The molecule has 3 fully saturated rings. The fourth-order valence-electron chi connectivity index (χ4n) is 4.64. The number of rotatable bonds is 5. The van der Waals surface area contributed by atoms with E-state index in [0.29, 0.717) is 6.61 Å². The number of hydrogen-bond donors (Lipinski definition) is 2. The number of carboxylic acid groups (broad SMARTS) is 1. The first-order chi connectivity index (χ1) is 17.1. The van der Waals surface area contributed by atoms with Crippen molar-refractivity contribution in [3.8, 4) is 5.75 Å². The van der Waals surface area contributed by atoms with E-state index in [1.54, 1.807) is 43.8 Å². The van der Waals surface area contributed by atoms with Gasteiger partial charge in [-0.25, -0.2) is 9.78 Å². The molecule has 3 aromatic rings. The maximum absolute atomic E-state index is 15.4. The van der Waals surface area contributed by atoms with Crippen molar-refractivity contribution in [3.63, 3.8) is 0 Å². The molecule has 1 saturated carbocycles. The predicted octanol–water partition coefficient (Wildman–Crippen LogP) is 3.70. The highest BCUT2D eigenvalue weighted by molar-refractivity contribution is 6.03. The molecule has 200 valence electrons. The topological polar surface area (TPSA) is 120 Å². The third-order valence-corrected chi connectivity index (χ3v) is 6.10. The fraction of sp³-hybridized carbons (Fsp3) is 0.478. The van der Waals surface area contributed by atoms with Crippen LogP contribution in [0.4, 0.5) is 23.2 Å². The minimum Gasteiger partial charge on any atom is -0.486 e. The van der Waals surface area contributed by atoms with Crippen LogP contribution < -0.4 is 10.1 Å². The van der Waals surface area contributed by atoms with Crippen LogP contribution in [-0.2, 0) is 22.0 Å². The highest BCUT2D eigenvalue weighted by Gasteiger charge is 2.61. The molecule has 14 heteroatoms. The van der Waals surface area contributed by atoms with Crippen molar-refractivity contribution in [1.29, 1.82) is 0 Å². The largest absolute Gasteiger partial charge is 0.490 e. The molecule has 0 atom stereocenters. The number of carboxylic acids is 1. The van der Waals surface area contributed by atoms with Gasteiger partial charge in [-0.05, 0) is 39.7 Å². The summed E-state index contributed by atoms with van der Waals surface area (Å²) in [7, 11) is 1.72. The van der Waals surface area contributed by atoms with Crippen molar-refractivity contribution in [3.05, 3.63) is 41.9 Å². The van der Waals surface area contributed by atoms with E-state index in [9.17, 15) is 18.0 Å². The summed E-state index contributed by atoms with van der Waals surface area (Å²) in [6, 6.07) is 1.59. The van der Waals surface area contributed by atoms with E-state index in [4.69, 9.17) is 19.4 Å². The highest BCUT2D eigenvalue weighted by atomic mass is 19.4. The summed E-state index contributed by atoms with van der Waals surface area (Å²) in [6.07, 6.45) is 1.52. The van der Waals surface area contributed by atoms with Crippen LogP contribution in [0.25, 0.3) is 5.65 Å². The molecule has 3 aromatic heterocycles. The average molecular weight is 527 g/mol. The molecular weight excluding hydrogens is 502 g/mol. The monoisotopic (exact) mass is 527 g/mol. The lowest BCUT2D eigenvalue weighted by molar-refractivity contribution is -0.192. The number of nitrogens with one attached hydrogen (secondary N) is 1. The Kier molecular flexibility index (Phi) is 6.42. The molecule has 0 aromatic carbocycles. The van der Waals surface area contributed by atoms with Crippen LogP contribution in [0.1, 0.15) is 49.8 Å². The Morgan fingerprint density at radius 3 is 2.41 bits per heavy atom. The summed E-state index contributed by atoms with van der Waals surface area (Å²) in [4.78, 5) is 26.1. The first-order valence-corrected chi connectivity index (χ1v) is 11.3. The Balaban J connectivity index is 0.000000405. The average Bonchev–Trinajstić information content (AvgIpc) is 3.52. The van der Waals surface area contributed by atoms with Gasteiger partial charge in [0, 0.05) is 31.1 Å². The molecule has 2 aliphatic heterocycles. The van der Waals surface area contributed by atoms with E-state index in [1.807, 2.05) is 6.20 Å². The van der Waals surface area contributed by atoms with Crippen molar-refractivity contribution in [2.75, 3.05) is 11.9 Å². The fourth-order valence-corrected chi connectivity index (χ4v) is 4.64. The molecule has 37 heavy (non-hydrogen) atoms. The van der Waals surface area contributed by atoms with Gasteiger partial charge in [0.2, 0.25) is 5.82 Å². The smallest absolute Gasteiger partial charge is 0.486 e. The zero-order valence-corrected chi connectivity index (χ0v) is 20.4. The Morgan fingerprint density at radius 2 is 1.92 bits per heavy atom. The van der Waals surface area contributed by atoms with E-state index in [0.717, 1.165) is 18.5 Å². The standard InChI is InChI=1S/C21H24FN5O3.C2HF3O2/c1-12(2)30-17-14(23-19(28)13-5-6-26(4)25-13)7-27-8-15(24-18(27)16(17)22)21-9-20(3,10-21)29-11-21;3-2(4,5)1(6)7/h5-8,12H,9-11H2,1-4H3,(H,23,28);(H,6,7). The highest BCUT2D eigenvalue weighted by Crippen LogP contribution is 2.58. The number of aliphatic carboxylic acids is 1. The van der Waals surface area contributed by atoms with Crippen LogP contribution in [0.5, 0.6) is 5.75 Å². The Labute approximate surface area is 208 Å². The van der Waals surface area contributed by atoms with Crippen LogP contribution in [0.15, 0.2) is 24.7 Å². The quantitative estimate of drug-likeness (QED) is 0.486. The summed E-state index contributed by atoms with van der Waals surface area (Å²) in [5.74, 6) is -3.84. The third kappa shape index (κ3) is 5.10. The molecule has 5 heterocycles. The number of aryl methyl sites for hydroxylation is 1. The van der Waals surface area contributed by atoms with Gasteiger partial charge in [-0.2, -0.15) is 22.7 Å². The molecule has 0 radical (unpaired) electrons. The van der Waals surface area contributed by atoms with Crippen LogP contribution in [0.3, 0.4) is 0 Å². The Morgan fingerprint density at radius 1 is 1.27 bits per heavy atom. The van der Waals surface area contributed by atoms with E-state index in [1.165, 1.54) is 4.68 Å². The summed E-state index contributed by atoms with van der Waals surface area (Å²) < 4.78 is 61.9. The number of imidazole rings is 1. The van der Waals surface area contributed by atoms with Crippen molar-refractivity contribution < 1.29 is 41.7 Å². The van der Waals surface area contributed by atoms with Crippen molar-refractivity contribution in [2.45, 2.75) is 56.9 Å². The molecule has 2 saturated heterocycles. The van der Waals surface area contributed by atoms with E-state index in [-0.39, 0.29) is 39.9 Å². The molecular formula is C23H25F4N5O5. The van der Waals surface area contributed by atoms with Gasteiger partial charge in [0.05, 0.1) is 24.0 Å². The predicted molar refractivity (Wildman–Crippen MR) is 121 cm³/mol. The number of aromatic nitrogens is 4. The summed E-state index contributed by atoms with van der Waals surface area (Å²) in [6.45, 7) is 6.28.